The first-order valence-electron chi connectivity index (χ1n) is 9.36. The third kappa shape index (κ3) is 3.58. The highest BCUT2D eigenvalue weighted by Crippen LogP contribution is 2.31. The smallest absolute Gasteiger partial charge is 0.276 e. The average Bonchev–Trinajstić information content (AvgIpc) is 3.13. The number of para-hydroxylation sites is 2. The first-order valence-corrected chi connectivity index (χ1v) is 9.36. The lowest BCUT2D eigenvalue weighted by Gasteiger charge is -2.30. The molecular formula is C22H22N2O4. The molecule has 6 nitrogen and oxygen atoms in total. The Morgan fingerprint density at radius 3 is 2.57 bits per heavy atom. The van der Waals surface area contributed by atoms with Crippen molar-refractivity contribution in [3.63, 3.8) is 0 Å². The van der Waals surface area contributed by atoms with Gasteiger partial charge < -0.3 is 18.8 Å². The molecule has 0 spiro atoms. The molecule has 28 heavy (non-hydrogen) atoms. The molecule has 0 fully saturated rings. The molecule has 6 heteroatoms. The zero-order valence-corrected chi connectivity index (χ0v) is 15.9. The molecule has 0 saturated heterocycles. The van der Waals surface area contributed by atoms with Crippen molar-refractivity contribution in [2.75, 3.05) is 19.7 Å². The van der Waals surface area contributed by atoms with Crippen LogP contribution in [0.15, 0.2) is 59.0 Å². The van der Waals surface area contributed by atoms with Gasteiger partial charge in [-0.15, -0.1) is 0 Å². The first kappa shape index (κ1) is 18.1. The van der Waals surface area contributed by atoms with Crippen molar-refractivity contribution in [2.45, 2.75) is 20.0 Å². The van der Waals surface area contributed by atoms with Crippen LogP contribution < -0.4 is 9.47 Å². The van der Waals surface area contributed by atoms with E-state index >= 15 is 0 Å². The maximum atomic E-state index is 13.1. The van der Waals surface area contributed by atoms with Crippen molar-refractivity contribution in [1.29, 1.82) is 0 Å². The third-order valence-electron chi connectivity index (χ3n) is 4.68. The van der Waals surface area contributed by atoms with Crippen molar-refractivity contribution in [2.24, 2.45) is 0 Å². The lowest BCUT2D eigenvalue weighted by molar-refractivity contribution is 0.0470. The maximum absolute atomic E-state index is 13.1. The lowest BCUT2D eigenvalue weighted by atomic mass is 10.2. The Morgan fingerprint density at radius 1 is 1.11 bits per heavy atom. The summed E-state index contributed by atoms with van der Waals surface area (Å²) >= 11 is 0. The lowest BCUT2D eigenvalue weighted by Crippen LogP contribution is -2.43. The van der Waals surface area contributed by atoms with Crippen LogP contribution in [0, 0.1) is 6.92 Å². The number of aryl methyl sites for hydroxylation is 1. The number of amides is 1. The van der Waals surface area contributed by atoms with E-state index < -0.39 is 0 Å². The second-order valence-corrected chi connectivity index (χ2v) is 6.63. The average molecular weight is 378 g/mol. The van der Waals surface area contributed by atoms with Crippen molar-refractivity contribution < 1.29 is 18.7 Å². The number of aromatic nitrogens is 1. The van der Waals surface area contributed by atoms with Gasteiger partial charge in [-0.3, -0.25) is 4.79 Å². The van der Waals surface area contributed by atoms with Crippen LogP contribution in [0.3, 0.4) is 0 Å². The monoisotopic (exact) mass is 378 g/mol. The topological polar surface area (TPSA) is 64.8 Å². The van der Waals surface area contributed by atoms with Gasteiger partial charge in [-0.05, 0) is 38.1 Å². The van der Waals surface area contributed by atoms with E-state index in [0.717, 1.165) is 11.3 Å². The Kier molecular flexibility index (Phi) is 5.02. The fraction of sp³-hybridized carbons (Fsp3) is 0.273. The van der Waals surface area contributed by atoms with Crippen molar-refractivity contribution in [1.82, 2.24) is 9.88 Å². The number of likely N-dealkylation sites (N-methyl/N-ethyl adjacent to an activating group) is 1. The standard InChI is InChI=1S/C22H22N2O4/c1-3-24(13-17-14-26-18-11-7-8-12-19(18)28-17)22(25)20-15(2)27-21(23-20)16-9-5-4-6-10-16/h4-12,17H,3,13-14H2,1-2H3. The van der Waals surface area contributed by atoms with Crippen LogP contribution in [0.4, 0.5) is 0 Å². The molecule has 2 aromatic carbocycles. The summed E-state index contributed by atoms with van der Waals surface area (Å²) in [7, 11) is 0. The molecule has 0 aliphatic carbocycles. The first-order chi connectivity index (χ1) is 13.7. The van der Waals surface area contributed by atoms with Gasteiger partial charge in [-0.2, -0.15) is 0 Å². The highest BCUT2D eigenvalue weighted by Gasteiger charge is 2.28. The molecule has 1 amide bonds. The number of oxazole rings is 1. The SMILES string of the molecule is CCN(CC1COc2ccccc2O1)C(=O)c1nc(-c2ccccc2)oc1C. The molecule has 1 atom stereocenters. The van der Waals surface area contributed by atoms with Crippen molar-refractivity contribution in [3.05, 3.63) is 66.1 Å². The van der Waals surface area contributed by atoms with E-state index in [4.69, 9.17) is 13.9 Å². The van der Waals surface area contributed by atoms with Gasteiger partial charge in [0.1, 0.15) is 12.4 Å². The van der Waals surface area contributed by atoms with Crippen LogP contribution in [0.1, 0.15) is 23.2 Å². The van der Waals surface area contributed by atoms with Crippen LogP contribution in [-0.4, -0.2) is 41.6 Å². The molecule has 0 saturated carbocycles. The van der Waals surface area contributed by atoms with E-state index in [9.17, 15) is 4.79 Å². The molecule has 0 bridgehead atoms. The van der Waals surface area contributed by atoms with E-state index in [1.54, 1.807) is 11.8 Å². The molecular weight excluding hydrogens is 356 g/mol. The molecule has 144 valence electrons. The Bertz CT molecular complexity index is 968. The fourth-order valence-corrected chi connectivity index (χ4v) is 3.20. The Morgan fingerprint density at radius 2 is 1.82 bits per heavy atom. The number of carbonyl (C=O) groups is 1. The summed E-state index contributed by atoms with van der Waals surface area (Å²) in [5, 5.41) is 0. The number of fused-ring (bicyclic) bond motifs is 1. The van der Waals surface area contributed by atoms with Crippen LogP contribution in [0.5, 0.6) is 11.5 Å². The van der Waals surface area contributed by atoms with Gasteiger partial charge in [0.25, 0.3) is 5.91 Å². The van der Waals surface area contributed by atoms with Crippen molar-refractivity contribution >= 4 is 5.91 Å². The van der Waals surface area contributed by atoms with E-state index in [0.29, 0.717) is 42.8 Å². The van der Waals surface area contributed by atoms with Gasteiger partial charge in [0.2, 0.25) is 5.89 Å². The molecule has 2 heterocycles. The van der Waals surface area contributed by atoms with E-state index in [1.165, 1.54) is 0 Å². The molecule has 1 aliphatic rings. The Balaban J connectivity index is 1.50. The Hall–Kier alpha value is -3.28. The summed E-state index contributed by atoms with van der Waals surface area (Å²) < 4.78 is 17.5. The van der Waals surface area contributed by atoms with Gasteiger partial charge in [0.15, 0.2) is 23.3 Å². The summed E-state index contributed by atoms with van der Waals surface area (Å²) in [5.41, 5.74) is 1.17. The summed E-state index contributed by atoms with van der Waals surface area (Å²) in [4.78, 5) is 19.2. The largest absolute Gasteiger partial charge is 0.486 e. The molecule has 0 radical (unpaired) electrons. The number of rotatable bonds is 5. The second-order valence-electron chi connectivity index (χ2n) is 6.63. The number of hydrogen-bond donors (Lipinski definition) is 0. The Labute approximate surface area is 163 Å². The second kappa shape index (κ2) is 7.76. The highest BCUT2D eigenvalue weighted by atomic mass is 16.6. The normalized spacial score (nSPS) is 15.3. The minimum absolute atomic E-state index is 0.173. The van der Waals surface area contributed by atoms with Crippen LogP contribution in [0.2, 0.25) is 0 Å². The van der Waals surface area contributed by atoms with Gasteiger partial charge in [-0.1, -0.05) is 30.3 Å². The third-order valence-corrected chi connectivity index (χ3v) is 4.68. The number of hydrogen-bond acceptors (Lipinski definition) is 5. The molecule has 1 aromatic heterocycles. The number of nitrogens with zero attached hydrogens (tertiary/aromatic N) is 2. The van der Waals surface area contributed by atoms with Gasteiger partial charge in [-0.25, -0.2) is 4.98 Å². The minimum atomic E-state index is -0.236. The summed E-state index contributed by atoms with van der Waals surface area (Å²) in [6.07, 6.45) is -0.236. The summed E-state index contributed by atoms with van der Waals surface area (Å²) in [6, 6.07) is 17.1. The quantitative estimate of drug-likeness (QED) is 0.673. The van der Waals surface area contributed by atoms with E-state index in [-0.39, 0.29) is 12.0 Å². The predicted molar refractivity (Wildman–Crippen MR) is 105 cm³/mol. The zero-order chi connectivity index (χ0) is 19.5. The number of benzene rings is 2. The summed E-state index contributed by atoms with van der Waals surface area (Å²) in [5.74, 6) is 2.21. The molecule has 1 aliphatic heterocycles. The van der Waals surface area contributed by atoms with Crippen LogP contribution in [0.25, 0.3) is 11.5 Å². The molecule has 4 rings (SSSR count). The van der Waals surface area contributed by atoms with Gasteiger partial charge in [0, 0.05) is 12.1 Å². The van der Waals surface area contributed by atoms with E-state index in [2.05, 4.69) is 4.98 Å². The van der Waals surface area contributed by atoms with Crippen LogP contribution in [-0.2, 0) is 0 Å². The van der Waals surface area contributed by atoms with Crippen molar-refractivity contribution in [3.8, 4) is 23.0 Å². The minimum Gasteiger partial charge on any atom is -0.486 e. The maximum Gasteiger partial charge on any atom is 0.276 e. The predicted octanol–water partition coefficient (Wildman–Crippen LogP) is 3.95. The van der Waals surface area contributed by atoms with Gasteiger partial charge >= 0.3 is 0 Å². The van der Waals surface area contributed by atoms with Gasteiger partial charge in [0.05, 0.1) is 6.54 Å². The number of ether oxygens (including phenoxy) is 2. The zero-order valence-electron chi connectivity index (χ0n) is 15.9. The molecule has 0 N–H and O–H groups in total. The summed E-state index contributed by atoms with van der Waals surface area (Å²) in [6.45, 7) is 5.04. The van der Waals surface area contributed by atoms with E-state index in [1.807, 2.05) is 61.5 Å². The number of carbonyl (C=O) groups excluding carboxylic acids is 1. The molecule has 3 aromatic rings. The fourth-order valence-electron chi connectivity index (χ4n) is 3.20. The molecule has 1 unspecified atom stereocenters. The highest BCUT2D eigenvalue weighted by molar-refractivity contribution is 5.93. The van der Waals surface area contributed by atoms with Crippen LogP contribution >= 0.6 is 0 Å².